The van der Waals surface area contributed by atoms with Gasteiger partial charge in [-0.25, -0.2) is 9.50 Å². The standard InChI is InChI=1S/C23H26F3N7O/c1-14-12-33-20(29-21(14)31-9-6-16(27)13-31)11-17(30-33)19-4-2-3-8-32(19)22(34)18-10-15(5-7-28-18)23(24,25)26/h5,7,10-12,16,19H,2-4,6,8-9,13,27H2,1H3/t16-,19?/m0/s1. The van der Waals surface area contributed by atoms with E-state index >= 15 is 0 Å². The molecule has 8 nitrogen and oxygen atoms in total. The number of amides is 1. The van der Waals surface area contributed by atoms with Gasteiger partial charge in [-0.2, -0.15) is 18.3 Å². The number of carbonyl (C=O) groups is 1. The number of likely N-dealkylation sites (tertiary alicyclic amines) is 1. The summed E-state index contributed by atoms with van der Waals surface area (Å²) >= 11 is 0. The van der Waals surface area contributed by atoms with Crippen molar-refractivity contribution in [3.8, 4) is 0 Å². The lowest BCUT2D eigenvalue weighted by molar-refractivity contribution is -0.137. The minimum absolute atomic E-state index is 0.129. The third-order valence-corrected chi connectivity index (χ3v) is 6.56. The molecule has 2 N–H and O–H groups in total. The molecule has 2 aliphatic heterocycles. The summed E-state index contributed by atoms with van der Waals surface area (Å²) < 4.78 is 41.1. The molecule has 0 radical (unpaired) electrons. The van der Waals surface area contributed by atoms with E-state index in [2.05, 4.69) is 15.0 Å². The van der Waals surface area contributed by atoms with Crippen molar-refractivity contribution in [1.82, 2.24) is 24.5 Å². The third-order valence-electron chi connectivity index (χ3n) is 6.56. The van der Waals surface area contributed by atoms with Crippen molar-refractivity contribution in [2.45, 2.75) is 50.9 Å². The van der Waals surface area contributed by atoms with E-state index in [-0.39, 0.29) is 17.8 Å². The van der Waals surface area contributed by atoms with Crippen LogP contribution < -0.4 is 10.6 Å². The van der Waals surface area contributed by atoms with Crippen molar-refractivity contribution in [3.63, 3.8) is 0 Å². The molecule has 0 spiro atoms. The number of piperidine rings is 1. The average Bonchev–Trinajstić information content (AvgIpc) is 3.43. The molecule has 0 saturated carbocycles. The Kier molecular flexibility index (Phi) is 5.67. The van der Waals surface area contributed by atoms with Crippen molar-refractivity contribution in [3.05, 3.63) is 53.1 Å². The van der Waals surface area contributed by atoms with Gasteiger partial charge in [0.25, 0.3) is 5.91 Å². The molecule has 3 aromatic heterocycles. The van der Waals surface area contributed by atoms with Crippen LogP contribution in [0.25, 0.3) is 5.65 Å². The van der Waals surface area contributed by atoms with Gasteiger partial charge in [0.1, 0.15) is 11.5 Å². The molecule has 2 atom stereocenters. The number of nitrogens with two attached hydrogens (primary N) is 1. The maximum atomic E-state index is 13.2. The van der Waals surface area contributed by atoms with Gasteiger partial charge in [-0.15, -0.1) is 0 Å². The molecule has 0 aliphatic carbocycles. The van der Waals surface area contributed by atoms with Gasteiger partial charge < -0.3 is 15.5 Å². The molecule has 5 heterocycles. The maximum absolute atomic E-state index is 13.2. The highest BCUT2D eigenvalue weighted by atomic mass is 19.4. The summed E-state index contributed by atoms with van der Waals surface area (Å²) in [5, 5.41) is 4.68. The molecular weight excluding hydrogens is 447 g/mol. The van der Waals surface area contributed by atoms with Crippen LogP contribution in [-0.2, 0) is 6.18 Å². The maximum Gasteiger partial charge on any atom is 0.416 e. The van der Waals surface area contributed by atoms with Crippen LogP contribution in [0.5, 0.6) is 0 Å². The second-order valence-electron chi connectivity index (χ2n) is 9.05. The summed E-state index contributed by atoms with van der Waals surface area (Å²) in [6.45, 7) is 4.00. The fourth-order valence-electron chi connectivity index (χ4n) is 4.83. The van der Waals surface area contributed by atoms with Crippen LogP contribution in [0.15, 0.2) is 30.6 Å². The molecule has 2 aliphatic rings. The highest BCUT2D eigenvalue weighted by Gasteiger charge is 2.35. The van der Waals surface area contributed by atoms with Gasteiger partial charge in [0.05, 0.1) is 17.3 Å². The minimum Gasteiger partial charge on any atom is -0.355 e. The first-order valence-corrected chi connectivity index (χ1v) is 11.4. The number of anilines is 1. The van der Waals surface area contributed by atoms with Gasteiger partial charge in [0, 0.05) is 49.7 Å². The SMILES string of the molecule is Cc1cn2nc(C3CCCCN3C(=O)c3cc(C(F)(F)F)ccn3)cc2nc1N1CC[C@H](N)C1. The van der Waals surface area contributed by atoms with Crippen LogP contribution >= 0.6 is 0 Å². The molecule has 2 fully saturated rings. The van der Waals surface area contributed by atoms with Crippen LogP contribution in [0.1, 0.15) is 59.0 Å². The zero-order chi connectivity index (χ0) is 24.0. The first-order valence-electron chi connectivity index (χ1n) is 11.4. The van der Waals surface area contributed by atoms with Gasteiger partial charge >= 0.3 is 6.18 Å². The number of rotatable bonds is 3. The molecule has 1 amide bonds. The molecule has 2 saturated heterocycles. The Morgan fingerprint density at radius 3 is 2.74 bits per heavy atom. The van der Waals surface area contributed by atoms with Crippen LogP contribution in [0, 0.1) is 6.92 Å². The topological polar surface area (TPSA) is 92.6 Å². The fourth-order valence-corrected chi connectivity index (χ4v) is 4.83. The molecule has 11 heteroatoms. The summed E-state index contributed by atoms with van der Waals surface area (Å²) in [7, 11) is 0. The Morgan fingerprint density at radius 1 is 1.18 bits per heavy atom. The molecular formula is C23H26F3N7O. The fraction of sp³-hybridized carbons (Fsp3) is 0.478. The number of aromatic nitrogens is 4. The molecule has 34 heavy (non-hydrogen) atoms. The number of aryl methyl sites for hydroxylation is 1. The molecule has 1 unspecified atom stereocenters. The molecule has 180 valence electrons. The second kappa shape index (κ2) is 8.53. The van der Waals surface area contributed by atoms with E-state index in [4.69, 9.17) is 10.7 Å². The predicted octanol–water partition coefficient (Wildman–Crippen LogP) is 3.36. The van der Waals surface area contributed by atoms with E-state index in [0.717, 1.165) is 62.1 Å². The zero-order valence-electron chi connectivity index (χ0n) is 18.8. The van der Waals surface area contributed by atoms with E-state index < -0.39 is 17.6 Å². The van der Waals surface area contributed by atoms with Gasteiger partial charge in [0.2, 0.25) is 0 Å². The summed E-state index contributed by atoms with van der Waals surface area (Å²) in [5.41, 5.74) is 7.26. The van der Waals surface area contributed by atoms with Gasteiger partial charge in [0.15, 0.2) is 5.65 Å². The zero-order valence-corrected chi connectivity index (χ0v) is 18.8. The third kappa shape index (κ3) is 4.20. The Morgan fingerprint density at radius 2 is 2.00 bits per heavy atom. The Bertz CT molecular complexity index is 1220. The Labute approximate surface area is 194 Å². The van der Waals surface area contributed by atoms with Crippen molar-refractivity contribution >= 4 is 17.4 Å². The van der Waals surface area contributed by atoms with E-state index in [9.17, 15) is 18.0 Å². The van der Waals surface area contributed by atoms with Crippen molar-refractivity contribution in [1.29, 1.82) is 0 Å². The number of nitrogens with zero attached hydrogens (tertiary/aromatic N) is 6. The van der Waals surface area contributed by atoms with Crippen LogP contribution in [0.2, 0.25) is 0 Å². The van der Waals surface area contributed by atoms with E-state index in [0.29, 0.717) is 24.3 Å². The number of hydrogen-bond donors (Lipinski definition) is 1. The molecule has 3 aromatic rings. The minimum atomic E-state index is -4.54. The number of pyridine rings is 1. The highest BCUT2D eigenvalue weighted by molar-refractivity contribution is 5.92. The second-order valence-corrected chi connectivity index (χ2v) is 9.05. The number of hydrogen-bond acceptors (Lipinski definition) is 6. The van der Waals surface area contributed by atoms with E-state index in [1.807, 2.05) is 19.2 Å². The van der Waals surface area contributed by atoms with Crippen molar-refractivity contribution in [2.75, 3.05) is 24.5 Å². The number of carbonyl (C=O) groups excluding carboxylic acids is 1. The molecule has 0 aromatic carbocycles. The largest absolute Gasteiger partial charge is 0.416 e. The average molecular weight is 474 g/mol. The number of fused-ring (bicyclic) bond motifs is 1. The van der Waals surface area contributed by atoms with Crippen LogP contribution in [0.3, 0.4) is 0 Å². The van der Waals surface area contributed by atoms with Crippen molar-refractivity contribution in [2.24, 2.45) is 5.73 Å². The van der Waals surface area contributed by atoms with Crippen LogP contribution in [-0.4, -0.2) is 56.1 Å². The normalized spacial score (nSPS) is 21.4. The van der Waals surface area contributed by atoms with Crippen molar-refractivity contribution < 1.29 is 18.0 Å². The van der Waals surface area contributed by atoms with Crippen LogP contribution in [0.4, 0.5) is 19.0 Å². The molecule has 0 bridgehead atoms. The lowest BCUT2D eigenvalue weighted by Gasteiger charge is -2.34. The Hall–Kier alpha value is -3.21. The summed E-state index contributed by atoms with van der Waals surface area (Å²) in [5.74, 6) is 0.348. The Balaban J connectivity index is 1.46. The van der Waals surface area contributed by atoms with Gasteiger partial charge in [-0.3, -0.25) is 9.78 Å². The van der Waals surface area contributed by atoms with E-state index in [1.165, 1.54) is 0 Å². The lowest BCUT2D eigenvalue weighted by Crippen LogP contribution is -2.39. The lowest BCUT2D eigenvalue weighted by atomic mass is 9.98. The number of halogens is 3. The first kappa shape index (κ1) is 22.6. The van der Waals surface area contributed by atoms with E-state index in [1.54, 1.807) is 9.42 Å². The monoisotopic (exact) mass is 473 g/mol. The predicted molar refractivity (Wildman–Crippen MR) is 119 cm³/mol. The quantitative estimate of drug-likeness (QED) is 0.627. The van der Waals surface area contributed by atoms with Gasteiger partial charge in [-0.1, -0.05) is 0 Å². The number of alkyl halides is 3. The highest BCUT2D eigenvalue weighted by Crippen LogP contribution is 2.34. The summed E-state index contributed by atoms with van der Waals surface area (Å²) in [6, 6.07) is 3.31. The molecule has 5 rings (SSSR count). The summed E-state index contributed by atoms with van der Waals surface area (Å²) in [6.07, 6.45) is 1.64. The smallest absolute Gasteiger partial charge is 0.355 e. The van der Waals surface area contributed by atoms with Gasteiger partial charge in [-0.05, 0) is 44.7 Å². The summed E-state index contributed by atoms with van der Waals surface area (Å²) in [4.78, 5) is 25.7. The first-order chi connectivity index (χ1) is 16.2.